The fourth-order valence-electron chi connectivity index (χ4n) is 1.29. The lowest BCUT2D eigenvalue weighted by Crippen LogP contribution is -2.07. The van der Waals surface area contributed by atoms with E-state index in [1.807, 2.05) is 0 Å². The maximum absolute atomic E-state index is 11.5. The number of hydrogen-bond donors (Lipinski definition) is 1. The number of benzene rings is 1. The number of hydrogen-bond acceptors (Lipinski definition) is 6. The van der Waals surface area contributed by atoms with Gasteiger partial charge in [-0.2, -0.15) is 0 Å². The van der Waals surface area contributed by atoms with Crippen molar-refractivity contribution in [3.8, 4) is 0 Å². The summed E-state index contributed by atoms with van der Waals surface area (Å²) in [6.07, 6.45) is 2.77. The Labute approximate surface area is 111 Å². The van der Waals surface area contributed by atoms with Gasteiger partial charge in [-0.25, -0.2) is 0 Å². The van der Waals surface area contributed by atoms with Gasteiger partial charge >= 0.3 is 0 Å². The third-order valence-electron chi connectivity index (χ3n) is 2.10. The Morgan fingerprint density at radius 2 is 2.32 bits per heavy atom. The first-order valence-corrected chi connectivity index (χ1v) is 6.03. The Bertz CT molecular complexity index is 625. The van der Waals surface area contributed by atoms with Gasteiger partial charge in [0.25, 0.3) is 5.69 Å². The van der Waals surface area contributed by atoms with Crippen LogP contribution in [0, 0.1) is 10.1 Å². The molecule has 1 amide bonds. The molecule has 0 aliphatic carbocycles. The molecule has 0 spiro atoms. The van der Waals surface area contributed by atoms with E-state index in [0.29, 0.717) is 10.7 Å². The van der Waals surface area contributed by atoms with Crippen molar-refractivity contribution in [3.63, 3.8) is 0 Å². The van der Waals surface area contributed by atoms with E-state index < -0.39 is 4.92 Å². The summed E-state index contributed by atoms with van der Waals surface area (Å²) in [6.45, 7) is 0. The highest BCUT2D eigenvalue weighted by Crippen LogP contribution is 2.14. The second kappa shape index (κ2) is 5.83. The molecule has 0 aliphatic rings. The van der Waals surface area contributed by atoms with Gasteiger partial charge in [0.2, 0.25) is 11.0 Å². The first-order valence-electron chi connectivity index (χ1n) is 5.15. The van der Waals surface area contributed by atoms with Crippen molar-refractivity contribution in [1.29, 1.82) is 0 Å². The van der Waals surface area contributed by atoms with Crippen molar-refractivity contribution in [1.82, 2.24) is 10.2 Å². The largest absolute Gasteiger partial charge is 0.297 e. The zero-order valence-corrected chi connectivity index (χ0v) is 10.3. The average molecular weight is 276 g/mol. The fraction of sp³-hybridized carbons (Fsp3) is 0. The summed E-state index contributed by atoms with van der Waals surface area (Å²) in [5, 5.41) is 20.7. The standard InChI is InChI=1S/C11H8N4O3S/c16-10(13-11-14-12-7-19-11)5-4-8-2-1-3-9(6-8)15(17)18/h1-7H,(H,13,14,16). The molecule has 0 atom stereocenters. The summed E-state index contributed by atoms with van der Waals surface area (Å²) < 4.78 is 0. The van der Waals surface area contributed by atoms with Crippen LogP contribution in [0.3, 0.4) is 0 Å². The van der Waals surface area contributed by atoms with E-state index in [4.69, 9.17) is 0 Å². The Kier molecular flexibility index (Phi) is 3.94. The molecule has 1 heterocycles. The molecule has 19 heavy (non-hydrogen) atoms. The monoisotopic (exact) mass is 276 g/mol. The highest BCUT2D eigenvalue weighted by atomic mass is 32.1. The number of amides is 1. The van der Waals surface area contributed by atoms with Crippen LogP contribution in [0.4, 0.5) is 10.8 Å². The number of nitrogens with zero attached hydrogens (tertiary/aromatic N) is 3. The minimum Gasteiger partial charge on any atom is -0.297 e. The first kappa shape index (κ1) is 12.8. The summed E-state index contributed by atoms with van der Waals surface area (Å²) in [5.74, 6) is -0.372. The lowest BCUT2D eigenvalue weighted by Gasteiger charge is -1.95. The van der Waals surface area contributed by atoms with Crippen LogP contribution in [0.25, 0.3) is 6.08 Å². The van der Waals surface area contributed by atoms with Gasteiger partial charge in [-0.1, -0.05) is 23.5 Å². The highest BCUT2D eigenvalue weighted by molar-refractivity contribution is 7.13. The molecule has 96 valence electrons. The van der Waals surface area contributed by atoms with Gasteiger partial charge in [-0.15, -0.1) is 10.2 Å². The van der Waals surface area contributed by atoms with Crippen molar-refractivity contribution in [3.05, 3.63) is 51.5 Å². The molecule has 0 saturated heterocycles. The minimum atomic E-state index is -0.487. The molecular formula is C11H8N4O3S. The molecule has 1 aromatic carbocycles. The van der Waals surface area contributed by atoms with Crippen molar-refractivity contribution in [2.45, 2.75) is 0 Å². The van der Waals surface area contributed by atoms with Crippen LogP contribution in [0.5, 0.6) is 0 Å². The van der Waals surface area contributed by atoms with E-state index >= 15 is 0 Å². The van der Waals surface area contributed by atoms with Crippen LogP contribution < -0.4 is 5.32 Å². The molecule has 0 unspecified atom stereocenters. The summed E-state index contributed by atoms with van der Waals surface area (Å²) in [7, 11) is 0. The fourth-order valence-corrected chi connectivity index (χ4v) is 1.74. The number of nitro benzene ring substituents is 1. The lowest BCUT2D eigenvalue weighted by molar-refractivity contribution is -0.384. The molecule has 0 radical (unpaired) electrons. The van der Waals surface area contributed by atoms with E-state index in [1.165, 1.54) is 41.1 Å². The maximum Gasteiger partial charge on any atom is 0.270 e. The quantitative estimate of drug-likeness (QED) is 0.524. The molecule has 2 aromatic rings. The van der Waals surface area contributed by atoms with Gasteiger partial charge in [0.15, 0.2) is 0 Å². The van der Waals surface area contributed by atoms with Crippen molar-refractivity contribution in [2.24, 2.45) is 0 Å². The Morgan fingerprint density at radius 3 is 3.00 bits per heavy atom. The molecule has 0 aliphatic heterocycles. The summed E-state index contributed by atoms with van der Waals surface area (Å²) in [5.41, 5.74) is 2.05. The Balaban J connectivity index is 2.04. The minimum absolute atomic E-state index is 0.0216. The van der Waals surface area contributed by atoms with E-state index in [-0.39, 0.29) is 11.6 Å². The zero-order chi connectivity index (χ0) is 13.7. The van der Waals surface area contributed by atoms with E-state index in [9.17, 15) is 14.9 Å². The third kappa shape index (κ3) is 3.68. The number of anilines is 1. The van der Waals surface area contributed by atoms with Crippen LogP contribution in [-0.4, -0.2) is 21.0 Å². The number of nitrogens with one attached hydrogen (secondary N) is 1. The molecule has 7 nitrogen and oxygen atoms in total. The number of nitro groups is 1. The predicted octanol–water partition coefficient (Wildman–Crippen LogP) is 2.10. The van der Waals surface area contributed by atoms with Crippen LogP contribution in [-0.2, 0) is 4.79 Å². The van der Waals surface area contributed by atoms with Gasteiger partial charge in [0.05, 0.1) is 4.92 Å². The van der Waals surface area contributed by atoms with Crippen LogP contribution in [0.2, 0.25) is 0 Å². The molecule has 1 aromatic heterocycles. The smallest absolute Gasteiger partial charge is 0.270 e. The summed E-state index contributed by atoms with van der Waals surface area (Å²) in [4.78, 5) is 21.6. The zero-order valence-electron chi connectivity index (χ0n) is 9.52. The number of carbonyl (C=O) groups excluding carboxylic acids is 1. The van der Waals surface area contributed by atoms with Crippen LogP contribution in [0.15, 0.2) is 35.9 Å². The summed E-state index contributed by atoms with van der Waals surface area (Å²) in [6, 6.07) is 6.00. The molecule has 0 fully saturated rings. The Morgan fingerprint density at radius 1 is 1.47 bits per heavy atom. The second-order valence-electron chi connectivity index (χ2n) is 3.42. The number of carbonyl (C=O) groups is 1. The SMILES string of the molecule is O=C(C=Cc1cccc([N+](=O)[O-])c1)Nc1nncs1. The van der Waals surface area contributed by atoms with Crippen LogP contribution in [0.1, 0.15) is 5.56 Å². The van der Waals surface area contributed by atoms with Crippen LogP contribution >= 0.6 is 11.3 Å². The van der Waals surface area contributed by atoms with Gasteiger partial charge in [-0.3, -0.25) is 20.2 Å². The molecule has 1 N–H and O–H groups in total. The van der Waals surface area contributed by atoms with Gasteiger partial charge in [0, 0.05) is 18.2 Å². The number of non-ortho nitro benzene ring substituents is 1. The van der Waals surface area contributed by atoms with Crippen molar-refractivity contribution in [2.75, 3.05) is 5.32 Å². The van der Waals surface area contributed by atoms with Crippen molar-refractivity contribution >= 4 is 34.1 Å². The topological polar surface area (TPSA) is 98.0 Å². The molecule has 0 bridgehead atoms. The second-order valence-corrected chi connectivity index (χ2v) is 4.25. The summed E-state index contributed by atoms with van der Waals surface area (Å²) >= 11 is 1.20. The van der Waals surface area contributed by atoms with E-state index in [2.05, 4.69) is 15.5 Å². The molecular weight excluding hydrogens is 268 g/mol. The van der Waals surface area contributed by atoms with Crippen molar-refractivity contribution < 1.29 is 9.72 Å². The van der Waals surface area contributed by atoms with E-state index in [1.54, 1.807) is 12.1 Å². The number of aromatic nitrogens is 2. The van der Waals surface area contributed by atoms with Gasteiger partial charge in [-0.05, 0) is 11.6 Å². The number of rotatable bonds is 4. The molecule has 2 rings (SSSR count). The first-order chi connectivity index (χ1) is 9.15. The maximum atomic E-state index is 11.5. The Hall–Kier alpha value is -2.61. The lowest BCUT2D eigenvalue weighted by atomic mass is 10.2. The van der Waals surface area contributed by atoms with E-state index in [0.717, 1.165) is 0 Å². The molecule has 8 heteroatoms. The predicted molar refractivity (Wildman–Crippen MR) is 70.7 cm³/mol. The highest BCUT2D eigenvalue weighted by Gasteiger charge is 2.04. The molecule has 0 saturated carbocycles. The average Bonchev–Trinajstić information content (AvgIpc) is 2.89. The van der Waals surface area contributed by atoms with Gasteiger partial charge < -0.3 is 0 Å². The van der Waals surface area contributed by atoms with Gasteiger partial charge in [0.1, 0.15) is 5.51 Å². The third-order valence-corrected chi connectivity index (χ3v) is 2.71. The normalized spacial score (nSPS) is 10.5.